The lowest BCUT2D eigenvalue weighted by Crippen LogP contribution is -2.46. The highest BCUT2D eigenvalue weighted by atomic mass is 16.2. The molecule has 0 saturated carbocycles. The molecule has 3 N–H and O–H groups in total. The normalized spacial score (nSPS) is 20.1. The molecule has 2 aliphatic heterocycles. The van der Waals surface area contributed by atoms with Crippen molar-refractivity contribution >= 4 is 16.8 Å². The third-order valence-corrected chi connectivity index (χ3v) is 5.09. The van der Waals surface area contributed by atoms with E-state index in [2.05, 4.69) is 33.8 Å². The van der Waals surface area contributed by atoms with Gasteiger partial charge >= 0.3 is 0 Å². The van der Waals surface area contributed by atoms with Crippen LogP contribution >= 0.6 is 0 Å². The largest absolute Gasteiger partial charge is 0.351 e. The van der Waals surface area contributed by atoms with Crippen LogP contribution in [0.1, 0.15) is 34.8 Å². The quantitative estimate of drug-likeness (QED) is 0.791. The minimum absolute atomic E-state index is 0.117. The van der Waals surface area contributed by atoms with E-state index in [9.17, 15) is 4.79 Å². The van der Waals surface area contributed by atoms with Crippen molar-refractivity contribution in [2.24, 2.45) is 0 Å². The molecule has 2 aliphatic rings. The van der Waals surface area contributed by atoms with E-state index in [-0.39, 0.29) is 5.91 Å². The molecule has 23 heavy (non-hydrogen) atoms. The van der Waals surface area contributed by atoms with E-state index in [0.29, 0.717) is 11.6 Å². The second-order valence-electron chi connectivity index (χ2n) is 6.60. The zero-order valence-electron chi connectivity index (χ0n) is 13.4. The Morgan fingerprint density at radius 2 is 1.74 bits per heavy atom. The van der Waals surface area contributed by atoms with Gasteiger partial charge in [0.25, 0.3) is 5.91 Å². The fourth-order valence-electron chi connectivity index (χ4n) is 3.71. The summed E-state index contributed by atoms with van der Waals surface area (Å²) < 4.78 is 0. The third-order valence-electron chi connectivity index (χ3n) is 5.09. The van der Waals surface area contributed by atoms with Crippen molar-refractivity contribution in [2.75, 3.05) is 39.3 Å². The molecule has 0 atom stereocenters. The van der Waals surface area contributed by atoms with Crippen LogP contribution in [0.25, 0.3) is 10.9 Å². The van der Waals surface area contributed by atoms with Crippen molar-refractivity contribution < 1.29 is 4.79 Å². The van der Waals surface area contributed by atoms with Crippen molar-refractivity contribution in [2.45, 2.75) is 18.8 Å². The highest BCUT2D eigenvalue weighted by Gasteiger charge is 2.20. The summed E-state index contributed by atoms with van der Waals surface area (Å²) in [6.07, 6.45) is 2.39. The monoisotopic (exact) mass is 312 g/mol. The predicted molar refractivity (Wildman–Crippen MR) is 91.9 cm³/mol. The van der Waals surface area contributed by atoms with E-state index in [1.54, 1.807) is 0 Å². The molecule has 1 aromatic heterocycles. The molecule has 5 nitrogen and oxygen atoms in total. The minimum Gasteiger partial charge on any atom is -0.351 e. The highest BCUT2D eigenvalue weighted by molar-refractivity contribution is 5.98. The van der Waals surface area contributed by atoms with Crippen LogP contribution in [0.5, 0.6) is 0 Å². The van der Waals surface area contributed by atoms with Gasteiger partial charge in [0.2, 0.25) is 0 Å². The van der Waals surface area contributed by atoms with E-state index < -0.39 is 0 Å². The summed E-state index contributed by atoms with van der Waals surface area (Å²) in [5, 5.41) is 7.82. The smallest absolute Gasteiger partial charge is 0.270 e. The Balaban J connectivity index is 1.58. The number of benzene rings is 1. The van der Waals surface area contributed by atoms with Crippen molar-refractivity contribution in [3.8, 4) is 0 Å². The Morgan fingerprint density at radius 3 is 2.52 bits per heavy atom. The predicted octanol–water partition coefficient (Wildman–Crippen LogP) is 1.68. The summed E-state index contributed by atoms with van der Waals surface area (Å²) >= 11 is 0. The first kappa shape index (κ1) is 14.7. The van der Waals surface area contributed by atoms with Gasteiger partial charge in [-0.3, -0.25) is 4.79 Å². The number of nitrogens with one attached hydrogen (secondary N) is 3. The van der Waals surface area contributed by atoms with Crippen molar-refractivity contribution in [1.29, 1.82) is 0 Å². The first-order valence-electron chi connectivity index (χ1n) is 8.64. The molecule has 1 aromatic carbocycles. The summed E-state index contributed by atoms with van der Waals surface area (Å²) in [7, 11) is 0. The molecule has 2 aromatic rings. The number of hydrogen-bond donors (Lipinski definition) is 3. The van der Waals surface area contributed by atoms with E-state index in [0.717, 1.165) is 50.2 Å². The molecular formula is C18H24N4O. The van der Waals surface area contributed by atoms with E-state index in [1.165, 1.54) is 18.4 Å². The number of rotatable bonds is 2. The molecule has 3 heterocycles. The van der Waals surface area contributed by atoms with Crippen LogP contribution in [0.4, 0.5) is 0 Å². The summed E-state index contributed by atoms with van der Waals surface area (Å²) in [6, 6.07) is 8.61. The second kappa shape index (κ2) is 6.34. The molecule has 0 radical (unpaired) electrons. The maximum atomic E-state index is 12.6. The van der Waals surface area contributed by atoms with Crippen LogP contribution in [0.2, 0.25) is 0 Å². The Hall–Kier alpha value is -1.85. The molecule has 0 bridgehead atoms. The van der Waals surface area contributed by atoms with Gasteiger partial charge in [-0.1, -0.05) is 12.1 Å². The Bertz CT molecular complexity index is 696. The van der Waals surface area contributed by atoms with Crippen LogP contribution in [-0.4, -0.2) is 55.1 Å². The maximum Gasteiger partial charge on any atom is 0.270 e. The van der Waals surface area contributed by atoms with E-state index in [1.807, 2.05) is 11.0 Å². The number of carbonyl (C=O) groups excluding carboxylic acids is 1. The van der Waals surface area contributed by atoms with Crippen LogP contribution in [-0.2, 0) is 0 Å². The average Bonchev–Trinajstić information content (AvgIpc) is 3.06. The Kier molecular flexibility index (Phi) is 4.06. The number of hydrogen-bond acceptors (Lipinski definition) is 3. The molecule has 4 rings (SSSR count). The SMILES string of the molecule is O=C(c1cc2ccc(C3CCNCC3)cc2[nH]1)N1CCNCC1. The molecule has 122 valence electrons. The average molecular weight is 312 g/mol. The third kappa shape index (κ3) is 2.99. The van der Waals surface area contributed by atoms with Gasteiger partial charge in [0.15, 0.2) is 0 Å². The van der Waals surface area contributed by atoms with Crippen LogP contribution in [0.15, 0.2) is 24.3 Å². The van der Waals surface area contributed by atoms with Gasteiger partial charge in [-0.05, 0) is 49.5 Å². The number of aromatic amines is 1. The van der Waals surface area contributed by atoms with Gasteiger partial charge in [0.1, 0.15) is 5.69 Å². The summed E-state index contributed by atoms with van der Waals surface area (Å²) in [6.45, 7) is 5.53. The lowest BCUT2D eigenvalue weighted by molar-refractivity contribution is 0.0731. The molecular weight excluding hydrogens is 288 g/mol. The number of amides is 1. The molecule has 0 spiro atoms. The van der Waals surface area contributed by atoms with Gasteiger partial charge in [-0.25, -0.2) is 0 Å². The van der Waals surface area contributed by atoms with Crippen molar-refractivity contribution in [1.82, 2.24) is 20.5 Å². The van der Waals surface area contributed by atoms with Gasteiger partial charge in [0.05, 0.1) is 0 Å². The molecule has 5 heteroatoms. The minimum atomic E-state index is 0.117. The number of fused-ring (bicyclic) bond motifs is 1. The number of nitrogens with zero attached hydrogens (tertiary/aromatic N) is 1. The molecule has 0 aliphatic carbocycles. The first-order chi connectivity index (χ1) is 11.3. The topological polar surface area (TPSA) is 60.2 Å². The summed E-state index contributed by atoms with van der Waals surface area (Å²) in [5.41, 5.74) is 3.19. The summed E-state index contributed by atoms with van der Waals surface area (Å²) in [5.74, 6) is 0.752. The standard InChI is InChI=1S/C18H24N4O/c23-18(22-9-7-20-8-10-22)17-12-15-2-1-14(11-16(15)21-17)13-3-5-19-6-4-13/h1-2,11-13,19-21H,3-10H2. The van der Waals surface area contributed by atoms with Crippen LogP contribution in [0.3, 0.4) is 0 Å². The number of carbonyl (C=O) groups is 1. The summed E-state index contributed by atoms with van der Waals surface area (Å²) in [4.78, 5) is 17.9. The molecule has 2 saturated heterocycles. The molecule has 2 fully saturated rings. The van der Waals surface area contributed by atoms with Gasteiger partial charge in [0, 0.05) is 37.1 Å². The number of piperazine rings is 1. The molecule has 0 unspecified atom stereocenters. The van der Waals surface area contributed by atoms with Gasteiger partial charge < -0.3 is 20.5 Å². The van der Waals surface area contributed by atoms with Crippen molar-refractivity contribution in [3.63, 3.8) is 0 Å². The van der Waals surface area contributed by atoms with Gasteiger partial charge in [-0.2, -0.15) is 0 Å². The van der Waals surface area contributed by atoms with E-state index >= 15 is 0 Å². The number of H-pyrrole nitrogens is 1. The highest BCUT2D eigenvalue weighted by Crippen LogP contribution is 2.28. The number of piperidine rings is 1. The second-order valence-corrected chi connectivity index (χ2v) is 6.60. The van der Waals surface area contributed by atoms with Crippen LogP contribution < -0.4 is 10.6 Å². The van der Waals surface area contributed by atoms with Crippen LogP contribution in [0, 0.1) is 0 Å². The fraction of sp³-hybridized carbons (Fsp3) is 0.500. The number of aromatic nitrogens is 1. The molecule has 1 amide bonds. The Morgan fingerprint density at radius 1 is 1.00 bits per heavy atom. The zero-order valence-corrected chi connectivity index (χ0v) is 13.4. The van der Waals surface area contributed by atoms with Crippen molar-refractivity contribution in [3.05, 3.63) is 35.5 Å². The van der Waals surface area contributed by atoms with E-state index in [4.69, 9.17) is 0 Å². The maximum absolute atomic E-state index is 12.6. The lowest BCUT2D eigenvalue weighted by atomic mass is 9.90. The zero-order chi connectivity index (χ0) is 15.6. The fourth-order valence-corrected chi connectivity index (χ4v) is 3.71. The first-order valence-corrected chi connectivity index (χ1v) is 8.64. The Labute approximate surface area is 136 Å². The lowest BCUT2D eigenvalue weighted by Gasteiger charge is -2.26. The van der Waals surface area contributed by atoms with Gasteiger partial charge in [-0.15, -0.1) is 0 Å².